The van der Waals surface area contributed by atoms with Gasteiger partial charge in [0.15, 0.2) is 5.69 Å². The van der Waals surface area contributed by atoms with Crippen molar-refractivity contribution in [3.8, 4) is 5.69 Å². The molecule has 0 radical (unpaired) electrons. The Morgan fingerprint density at radius 1 is 1.28 bits per heavy atom. The van der Waals surface area contributed by atoms with Gasteiger partial charge in [0.25, 0.3) is 5.91 Å². The van der Waals surface area contributed by atoms with E-state index >= 15 is 0 Å². The van der Waals surface area contributed by atoms with Gasteiger partial charge in [-0.25, -0.2) is 4.68 Å². The number of hydrogen-bond acceptors (Lipinski definition) is 4. The van der Waals surface area contributed by atoms with Crippen LogP contribution in [0.25, 0.3) is 5.69 Å². The standard InChI is InChI=1S/C20H22F3N3O3/c1-3-29-19(28)14-8-6-10-25(12-14)18(27)15-11-24-26(17(15)20(21,22)23)16-9-5-4-7-13(16)2/h4-5,7,9,11,14H,3,6,8,10,12H2,1-2H3/t14-/m1/s1. The summed E-state index contributed by atoms with van der Waals surface area (Å²) < 4.78 is 47.4. The third-order valence-corrected chi connectivity index (χ3v) is 4.94. The van der Waals surface area contributed by atoms with Crippen molar-refractivity contribution in [3.05, 3.63) is 47.3 Å². The van der Waals surface area contributed by atoms with Gasteiger partial charge in [-0.2, -0.15) is 18.3 Å². The number of amides is 1. The van der Waals surface area contributed by atoms with Gasteiger partial charge < -0.3 is 9.64 Å². The summed E-state index contributed by atoms with van der Waals surface area (Å²) in [4.78, 5) is 26.2. The topological polar surface area (TPSA) is 64.4 Å². The number of ether oxygens (including phenoxy) is 1. The van der Waals surface area contributed by atoms with Crippen LogP contribution in [0.4, 0.5) is 13.2 Å². The van der Waals surface area contributed by atoms with Crippen LogP contribution in [0.3, 0.4) is 0 Å². The van der Waals surface area contributed by atoms with Crippen molar-refractivity contribution < 1.29 is 27.5 Å². The summed E-state index contributed by atoms with van der Waals surface area (Å²) in [7, 11) is 0. The molecule has 1 atom stereocenters. The molecular formula is C20H22F3N3O3. The van der Waals surface area contributed by atoms with Crippen LogP contribution < -0.4 is 0 Å². The van der Waals surface area contributed by atoms with E-state index in [-0.39, 0.29) is 25.4 Å². The Morgan fingerprint density at radius 3 is 2.66 bits per heavy atom. The molecule has 1 fully saturated rings. The third kappa shape index (κ3) is 4.28. The third-order valence-electron chi connectivity index (χ3n) is 4.94. The lowest BCUT2D eigenvalue weighted by Gasteiger charge is -2.31. The first-order valence-corrected chi connectivity index (χ1v) is 9.41. The Morgan fingerprint density at radius 2 is 2.00 bits per heavy atom. The molecule has 29 heavy (non-hydrogen) atoms. The normalized spacial score (nSPS) is 17.3. The SMILES string of the molecule is CCOC(=O)[C@@H]1CCCN(C(=O)c2cnn(-c3ccccc3C)c2C(F)(F)F)C1. The van der Waals surface area contributed by atoms with E-state index in [1.807, 2.05) is 0 Å². The van der Waals surface area contributed by atoms with Crippen LogP contribution in [0.2, 0.25) is 0 Å². The second-order valence-electron chi connectivity index (χ2n) is 6.95. The van der Waals surface area contributed by atoms with E-state index < -0.39 is 35.2 Å². The molecule has 0 spiro atoms. The van der Waals surface area contributed by atoms with Gasteiger partial charge in [0, 0.05) is 13.1 Å². The monoisotopic (exact) mass is 409 g/mol. The fraction of sp³-hybridized carbons (Fsp3) is 0.450. The Hall–Kier alpha value is -2.84. The molecule has 0 saturated carbocycles. The van der Waals surface area contributed by atoms with Gasteiger partial charge in [-0.3, -0.25) is 9.59 Å². The fourth-order valence-electron chi connectivity index (χ4n) is 3.55. The summed E-state index contributed by atoms with van der Waals surface area (Å²) in [6, 6.07) is 6.52. The van der Waals surface area contributed by atoms with E-state index in [1.165, 1.54) is 11.0 Å². The van der Waals surface area contributed by atoms with Gasteiger partial charge >= 0.3 is 12.1 Å². The number of benzene rings is 1. The molecular weight excluding hydrogens is 387 g/mol. The highest BCUT2D eigenvalue weighted by Gasteiger charge is 2.42. The molecule has 0 aliphatic carbocycles. The zero-order valence-corrected chi connectivity index (χ0v) is 16.2. The molecule has 1 saturated heterocycles. The van der Waals surface area contributed by atoms with Crippen LogP contribution in [0, 0.1) is 12.8 Å². The number of likely N-dealkylation sites (tertiary alicyclic amines) is 1. The number of piperidine rings is 1. The highest BCUT2D eigenvalue weighted by Crippen LogP contribution is 2.35. The number of nitrogens with zero attached hydrogens (tertiary/aromatic N) is 3. The molecule has 1 aromatic heterocycles. The maximum absolute atomic E-state index is 13.9. The Bertz CT molecular complexity index is 908. The van der Waals surface area contributed by atoms with E-state index in [2.05, 4.69) is 5.10 Å². The van der Waals surface area contributed by atoms with Crippen molar-refractivity contribution in [2.75, 3.05) is 19.7 Å². The molecule has 1 aromatic carbocycles. The van der Waals surface area contributed by atoms with Crippen LogP contribution in [-0.4, -0.2) is 46.3 Å². The molecule has 0 unspecified atom stereocenters. The fourth-order valence-corrected chi connectivity index (χ4v) is 3.55. The van der Waals surface area contributed by atoms with Crippen LogP contribution in [0.15, 0.2) is 30.5 Å². The summed E-state index contributed by atoms with van der Waals surface area (Å²) in [5.41, 5.74) is -0.789. The number of aryl methyl sites for hydroxylation is 1. The molecule has 3 rings (SSSR count). The molecule has 9 heteroatoms. The number of rotatable bonds is 4. The van der Waals surface area contributed by atoms with E-state index in [0.29, 0.717) is 18.4 Å². The molecule has 6 nitrogen and oxygen atoms in total. The smallest absolute Gasteiger partial charge is 0.434 e. The number of esters is 1. The van der Waals surface area contributed by atoms with Crippen molar-refractivity contribution in [2.45, 2.75) is 32.9 Å². The average molecular weight is 409 g/mol. The molecule has 1 aliphatic rings. The predicted molar refractivity (Wildman–Crippen MR) is 98.6 cm³/mol. The van der Waals surface area contributed by atoms with Gasteiger partial charge in [-0.1, -0.05) is 18.2 Å². The van der Waals surface area contributed by atoms with Crippen molar-refractivity contribution in [1.82, 2.24) is 14.7 Å². The predicted octanol–water partition coefficient (Wildman–Crippen LogP) is 3.61. The Balaban J connectivity index is 1.95. The van der Waals surface area contributed by atoms with Crippen LogP contribution in [0.1, 0.15) is 41.4 Å². The first-order valence-electron chi connectivity index (χ1n) is 9.41. The van der Waals surface area contributed by atoms with Crippen LogP contribution in [0.5, 0.6) is 0 Å². The summed E-state index contributed by atoms with van der Waals surface area (Å²) in [6.07, 6.45) is -2.77. The van der Waals surface area contributed by atoms with E-state index in [1.54, 1.807) is 32.0 Å². The van der Waals surface area contributed by atoms with Gasteiger partial charge in [0.2, 0.25) is 0 Å². The van der Waals surface area contributed by atoms with Gasteiger partial charge in [0.1, 0.15) is 0 Å². The van der Waals surface area contributed by atoms with Gasteiger partial charge in [-0.15, -0.1) is 0 Å². The lowest BCUT2D eigenvalue weighted by Crippen LogP contribution is -2.43. The molecule has 0 N–H and O–H groups in total. The lowest BCUT2D eigenvalue weighted by molar-refractivity contribution is -0.149. The molecule has 1 aliphatic heterocycles. The highest BCUT2D eigenvalue weighted by atomic mass is 19.4. The highest BCUT2D eigenvalue weighted by molar-refractivity contribution is 5.96. The van der Waals surface area contributed by atoms with Crippen molar-refractivity contribution in [1.29, 1.82) is 0 Å². The van der Waals surface area contributed by atoms with Crippen molar-refractivity contribution in [2.24, 2.45) is 5.92 Å². The lowest BCUT2D eigenvalue weighted by atomic mass is 9.97. The number of hydrogen-bond donors (Lipinski definition) is 0. The zero-order chi connectivity index (χ0) is 21.2. The summed E-state index contributed by atoms with van der Waals surface area (Å²) in [6.45, 7) is 3.88. The van der Waals surface area contributed by atoms with E-state index in [4.69, 9.17) is 4.74 Å². The second-order valence-corrected chi connectivity index (χ2v) is 6.95. The maximum Gasteiger partial charge on any atom is 0.434 e. The summed E-state index contributed by atoms with van der Waals surface area (Å²) in [5, 5.41) is 3.87. The first kappa shape index (κ1) is 20.9. The Labute approximate surface area is 166 Å². The summed E-state index contributed by atoms with van der Waals surface area (Å²) >= 11 is 0. The minimum absolute atomic E-state index is 0.0323. The number of carbonyl (C=O) groups excluding carboxylic acids is 2. The average Bonchev–Trinajstić information content (AvgIpc) is 3.13. The largest absolute Gasteiger partial charge is 0.466 e. The molecule has 1 amide bonds. The quantitative estimate of drug-likeness (QED) is 0.724. The minimum Gasteiger partial charge on any atom is -0.466 e. The van der Waals surface area contributed by atoms with Gasteiger partial charge in [-0.05, 0) is 38.3 Å². The number of carbonyl (C=O) groups is 2. The number of para-hydroxylation sites is 1. The number of alkyl halides is 3. The van der Waals surface area contributed by atoms with Crippen LogP contribution >= 0.6 is 0 Å². The first-order chi connectivity index (χ1) is 13.7. The molecule has 156 valence electrons. The van der Waals surface area contributed by atoms with Gasteiger partial charge in [0.05, 0.1) is 30.0 Å². The number of halogens is 3. The Kier molecular flexibility index (Phi) is 5.95. The molecule has 0 bridgehead atoms. The van der Waals surface area contributed by atoms with E-state index in [0.717, 1.165) is 10.9 Å². The van der Waals surface area contributed by atoms with Crippen LogP contribution in [-0.2, 0) is 15.7 Å². The number of aromatic nitrogens is 2. The van der Waals surface area contributed by atoms with Crippen molar-refractivity contribution in [3.63, 3.8) is 0 Å². The second kappa shape index (κ2) is 8.26. The zero-order valence-electron chi connectivity index (χ0n) is 16.2. The van der Waals surface area contributed by atoms with E-state index in [9.17, 15) is 22.8 Å². The molecule has 2 aromatic rings. The minimum atomic E-state index is -4.78. The van der Waals surface area contributed by atoms with Crippen molar-refractivity contribution >= 4 is 11.9 Å². The molecule has 2 heterocycles. The maximum atomic E-state index is 13.9. The summed E-state index contributed by atoms with van der Waals surface area (Å²) in [5.74, 6) is -1.75.